The first-order valence-electron chi connectivity index (χ1n) is 8.00. The zero-order valence-electron chi connectivity index (χ0n) is 14.3. The minimum atomic E-state index is -0.479. The molecule has 0 bridgehead atoms. The lowest BCUT2D eigenvalue weighted by molar-refractivity contribution is -0.117. The van der Waals surface area contributed by atoms with E-state index in [1.807, 2.05) is 12.1 Å². The third kappa shape index (κ3) is 3.90. The first-order chi connectivity index (χ1) is 12.5. The van der Waals surface area contributed by atoms with Crippen LogP contribution in [0.15, 0.2) is 36.4 Å². The van der Waals surface area contributed by atoms with E-state index in [1.165, 1.54) is 12.1 Å². The zero-order valence-corrected chi connectivity index (χ0v) is 15.1. The Morgan fingerprint density at radius 3 is 2.69 bits per heavy atom. The molecule has 3 rings (SSSR count). The lowest BCUT2D eigenvalue weighted by atomic mass is 10.0. The van der Waals surface area contributed by atoms with Crippen molar-refractivity contribution in [1.82, 2.24) is 10.9 Å². The maximum Gasteiger partial charge on any atom is 0.242 e. The van der Waals surface area contributed by atoms with E-state index in [0.717, 1.165) is 11.6 Å². The van der Waals surface area contributed by atoms with E-state index < -0.39 is 11.9 Å². The van der Waals surface area contributed by atoms with Crippen LogP contribution in [0.5, 0.6) is 11.5 Å². The monoisotopic (exact) mass is 379 g/mol. The number of carbonyl (C=O) groups excluding carboxylic acids is 1. The highest BCUT2D eigenvalue weighted by Gasteiger charge is 2.32. The molecule has 2 atom stereocenters. The SMILES string of the molecule is COc1ccc(C2CC(C(=O)Nc3ccc(F)cc3Cl)NN2)c(OC)c1. The number of halogens is 2. The molecule has 2 unspecified atom stereocenters. The Hall–Kier alpha value is -2.35. The van der Waals surface area contributed by atoms with Crippen LogP contribution in [0, 0.1) is 5.82 Å². The summed E-state index contributed by atoms with van der Waals surface area (Å²) >= 11 is 5.95. The van der Waals surface area contributed by atoms with Crippen LogP contribution in [0.1, 0.15) is 18.0 Å². The molecule has 0 aromatic heterocycles. The molecule has 1 aliphatic rings. The molecule has 1 fully saturated rings. The van der Waals surface area contributed by atoms with Gasteiger partial charge in [0.15, 0.2) is 0 Å². The summed E-state index contributed by atoms with van der Waals surface area (Å²) in [6.07, 6.45) is 0.507. The molecule has 1 heterocycles. The second-order valence-corrected chi connectivity index (χ2v) is 6.26. The van der Waals surface area contributed by atoms with Crippen molar-refractivity contribution in [3.63, 3.8) is 0 Å². The third-order valence-electron chi connectivity index (χ3n) is 4.22. The highest BCUT2D eigenvalue weighted by molar-refractivity contribution is 6.33. The molecular formula is C18H19ClFN3O3. The summed E-state index contributed by atoms with van der Waals surface area (Å²) in [7, 11) is 3.17. The van der Waals surface area contributed by atoms with Crippen LogP contribution in [0.2, 0.25) is 5.02 Å². The van der Waals surface area contributed by atoms with Gasteiger partial charge in [0, 0.05) is 11.6 Å². The van der Waals surface area contributed by atoms with E-state index >= 15 is 0 Å². The molecule has 138 valence electrons. The minimum Gasteiger partial charge on any atom is -0.497 e. The lowest BCUT2D eigenvalue weighted by Crippen LogP contribution is -2.39. The standard InChI is InChI=1S/C18H19ClFN3O3/c1-25-11-4-5-12(17(8-11)26-2)15-9-16(23-22-15)18(24)21-14-6-3-10(20)7-13(14)19/h3-8,15-16,22-23H,9H2,1-2H3,(H,21,24). The van der Waals surface area contributed by atoms with Crippen molar-refractivity contribution in [2.45, 2.75) is 18.5 Å². The van der Waals surface area contributed by atoms with Crippen LogP contribution >= 0.6 is 11.6 Å². The van der Waals surface area contributed by atoms with E-state index in [2.05, 4.69) is 16.2 Å². The molecule has 1 aliphatic heterocycles. The molecule has 1 saturated heterocycles. The maximum atomic E-state index is 13.1. The van der Waals surface area contributed by atoms with Crippen LogP contribution < -0.4 is 25.6 Å². The number of carbonyl (C=O) groups is 1. The summed E-state index contributed by atoms with van der Waals surface area (Å²) in [5.74, 6) is 0.643. The van der Waals surface area contributed by atoms with E-state index in [9.17, 15) is 9.18 Å². The quantitative estimate of drug-likeness (QED) is 0.744. The van der Waals surface area contributed by atoms with Crippen LogP contribution in [0.25, 0.3) is 0 Å². The molecule has 0 spiro atoms. The molecule has 1 amide bonds. The number of hydrogen-bond donors (Lipinski definition) is 3. The van der Waals surface area contributed by atoms with Gasteiger partial charge in [-0.25, -0.2) is 15.2 Å². The van der Waals surface area contributed by atoms with Crippen molar-refractivity contribution in [1.29, 1.82) is 0 Å². The van der Waals surface area contributed by atoms with Gasteiger partial charge in [-0.05, 0) is 30.7 Å². The molecule has 0 radical (unpaired) electrons. The van der Waals surface area contributed by atoms with Crippen molar-refractivity contribution < 1.29 is 18.7 Å². The molecule has 6 nitrogen and oxygen atoms in total. The van der Waals surface area contributed by atoms with Gasteiger partial charge in [-0.1, -0.05) is 17.7 Å². The number of nitrogens with one attached hydrogen (secondary N) is 3. The Balaban J connectivity index is 1.69. The summed E-state index contributed by atoms with van der Waals surface area (Å²) in [4.78, 5) is 12.5. The van der Waals surface area contributed by atoms with Gasteiger partial charge in [-0.2, -0.15) is 0 Å². The number of anilines is 1. The van der Waals surface area contributed by atoms with E-state index in [-0.39, 0.29) is 17.0 Å². The van der Waals surface area contributed by atoms with Crippen molar-refractivity contribution in [2.24, 2.45) is 0 Å². The largest absolute Gasteiger partial charge is 0.497 e. The molecule has 26 heavy (non-hydrogen) atoms. The van der Waals surface area contributed by atoms with Gasteiger partial charge in [0.2, 0.25) is 5.91 Å². The molecule has 8 heteroatoms. The Labute approximate surface area is 155 Å². The van der Waals surface area contributed by atoms with E-state index in [4.69, 9.17) is 21.1 Å². The van der Waals surface area contributed by atoms with E-state index in [1.54, 1.807) is 20.3 Å². The van der Waals surface area contributed by atoms with Gasteiger partial charge < -0.3 is 14.8 Å². The number of rotatable bonds is 5. The predicted molar refractivity (Wildman–Crippen MR) is 97.0 cm³/mol. The summed E-state index contributed by atoms with van der Waals surface area (Å²) in [6, 6.07) is 8.77. The molecule has 2 aromatic rings. The van der Waals surface area contributed by atoms with Crippen molar-refractivity contribution in [3.8, 4) is 11.5 Å². The highest BCUT2D eigenvalue weighted by Crippen LogP contribution is 2.33. The first kappa shape index (κ1) is 18.4. The van der Waals surface area contributed by atoms with Gasteiger partial charge >= 0.3 is 0 Å². The minimum absolute atomic E-state index is 0.115. The van der Waals surface area contributed by atoms with Crippen molar-refractivity contribution in [2.75, 3.05) is 19.5 Å². The first-order valence-corrected chi connectivity index (χ1v) is 8.38. The van der Waals surface area contributed by atoms with E-state index in [0.29, 0.717) is 23.6 Å². The number of ether oxygens (including phenoxy) is 2. The van der Waals surface area contributed by atoms with Crippen molar-refractivity contribution in [3.05, 3.63) is 52.8 Å². The molecule has 0 saturated carbocycles. The topological polar surface area (TPSA) is 71.6 Å². The van der Waals surface area contributed by atoms with Crippen LogP contribution in [-0.2, 0) is 4.79 Å². The Morgan fingerprint density at radius 1 is 1.19 bits per heavy atom. The number of methoxy groups -OCH3 is 2. The van der Waals surface area contributed by atoms with Crippen molar-refractivity contribution >= 4 is 23.2 Å². The highest BCUT2D eigenvalue weighted by atomic mass is 35.5. The van der Waals surface area contributed by atoms with Crippen LogP contribution in [0.4, 0.5) is 10.1 Å². The third-order valence-corrected chi connectivity index (χ3v) is 4.54. The lowest BCUT2D eigenvalue weighted by Gasteiger charge is -2.15. The number of benzene rings is 2. The maximum absolute atomic E-state index is 13.1. The van der Waals surface area contributed by atoms with Gasteiger partial charge in [-0.3, -0.25) is 4.79 Å². The molecule has 0 aliphatic carbocycles. The van der Waals surface area contributed by atoms with Crippen LogP contribution in [-0.4, -0.2) is 26.2 Å². The summed E-state index contributed by atoms with van der Waals surface area (Å²) in [6.45, 7) is 0. The average molecular weight is 380 g/mol. The Bertz CT molecular complexity index is 818. The second-order valence-electron chi connectivity index (χ2n) is 5.85. The molecular weight excluding hydrogens is 361 g/mol. The van der Waals surface area contributed by atoms with Gasteiger partial charge in [0.25, 0.3) is 0 Å². The smallest absolute Gasteiger partial charge is 0.242 e. The fourth-order valence-electron chi connectivity index (χ4n) is 2.85. The van der Waals surface area contributed by atoms with Gasteiger partial charge in [0.05, 0.1) is 31.0 Å². The normalized spacial score (nSPS) is 19.2. The summed E-state index contributed by atoms with van der Waals surface area (Å²) in [5.41, 5.74) is 7.35. The van der Waals surface area contributed by atoms with Crippen LogP contribution in [0.3, 0.4) is 0 Å². The van der Waals surface area contributed by atoms with Gasteiger partial charge in [-0.15, -0.1) is 0 Å². The summed E-state index contributed by atoms with van der Waals surface area (Å²) < 4.78 is 23.7. The molecule has 3 N–H and O–H groups in total. The Kier molecular flexibility index (Phi) is 5.61. The number of hydrogen-bond acceptors (Lipinski definition) is 5. The fraction of sp³-hybridized carbons (Fsp3) is 0.278. The summed E-state index contributed by atoms with van der Waals surface area (Å²) in [5, 5.41) is 2.86. The molecule has 2 aromatic carbocycles. The average Bonchev–Trinajstić information content (AvgIpc) is 3.13. The number of hydrazine groups is 1. The fourth-order valence-corrected chi connectivity index (χ4v) is 3.06. The van der Waals surface area contributed by atoms with Gasteiger partial charge in [0.1, 0.15) is 23.4 Å². The number of amides is 1. The Morgan fingerprint density at radius 2 is 2.00 bits per heavy atom. The predicted octanol–water partition coefficient (Wildman–Crippen LogP) is 3.04. The zero-order chi connectivity index (χ0) is 18.7. The second kappa shape index (κ2) is 7.90.